The minimum atomic E-state index is 0.648. The molecule has 0 aliphatic rings. The Bertz CT molecular complexity index is 424. The third-order valence-electron chi connectivity index (χ3n) is 2.50. The van der Waals surface area contributed by atoms with Crippen molar-refractivity contribution < 1.29 is 9.47 Å². The molecule has 0 unspecified atom stereocenters. The molecule has 106 valence electrons. The molecule has 0 aliphatic heterocycles. The van der Waals surface area contributed by atoms with E-state index in [1.54, 1.807) is 21.3 Å². The smallest absolute Gasteiger partial charge is 0.191 e. The lowest BCUT2D eigenvalue weighted by molar-refractivity contribution is 0.203. The molecule has 0 amide bonds. The van der Waals surface area contributed by atoms with Gasteiger partial charge >= 0.3 is 0 Å². The SMILES string of the molecule is CN=C(NCCOC)NCc1ccc(OC)c(Br)c1. The summed E-state index contributed by atoms with van der Waals surface area (Å²) in [5.74, 6) is 1.58. The van der Waals surface area contributed by atoms with E-state index in [0.717, 1.165) is 28.3 Å². The summed E-state index contributed by atoms with van der Waals surface area (Å²) in [6.45, 7) is 2.06. The Morgan fingerprint density at radius 2 is 2.11 bits per heavy atom. The van der Waals surface area contributed by atoms with Gasteiger partial charge in [-0.2, -0.15) is 0 Å². The second-order valence-corrected chi connectivity index (χ2v) is 4.67. The van der Waals surface area contributed by atoms with Crippen LogP contribution in [0.2, 0.25) is 0 Å². The number of ether oxygens (including phenoxy) is 2. The Morgan fingerprint density at radius 1 is 1.32 bits per heavy atom. The maximum Gasteiger partial charge on any atom is 0.191 e. The van der Waals surface area contributed by atoms with Crippen LogP contribution in [0, 0.1) is 0 Å². The molecule has 1 rings (SSSR count). The van der Waals surface area contributed by atoms with Crippen molar-refractivity contribution in [1.82, 2.24) is 10.6 Å². The Hall–Kier alpha value is -1.27. The number of guanidine groups is 1. The summed E-state index contributed by atoms with van der Waals surface area (Å²) in [5.41, 5.74) is 1.14. The van der Waals surface area contributed by atoms with Gasteiger partial charge in [0.2, 0.25) is 0 Å². The third-order valence-corrected chi connectivity index (χ3v) is 3.12. The number of hydrogen-bond donors (Lipinski definition) is 2. The van der Waals surface area contributed by atoms with Gasteiger partial charge < -0.3 is 20.1 Å². The van der Waals surface area contributed by atoms with Gasteiger partial charge in [-0.15, -0.1) is 0 Å². The van der Waals surface area contributed by atoms with E-state index in [4.69, 9.17) is 9.47 Å². The molecule has 0 radical (unpaired) electrons. The molecule has 0 saturated heterocycles. The van der Waals surface area contributed by atoms with Gasteiger partial charge in [0.15, 0.2) is 5.96 Å². The van der Waals surface area contributed by atoms with E-state index < -0.39 is 0 Å². The first-order chi connectivity index (χ1) is 9.21. The average molecular weight is 330 g/mol. The van der Waals surface area contributed by atoms with E-state index in [1.165, 1.54) is 0 Å². The lowest BCUT2D eigenvalue weighted by Gasteiger charge is -2.12. The van der Waals surface area contributed by atoms with Gasteiger partial charge in [-0.25, -0.2) is 0 Å². The fraction of sp³-hybridized carbons (Fsp3) is 0.462. The van der Waals surface area contributed by atoms with Gasteiger partial charge in [0.1, 0.15) is 5.75 Å². The Morgan fingerprint density at radius 3 is 2.68 bits per heavy atom. The fourth-order valence-corrected chi connectivity index (χ4v) is 2.09. The largest absolute Gasteiger partial charge is 0.496 e. The van der Waals surface area contributed by atoms with E-state index in [0.29, 0.717) is 13.2 Å². The Balaban J connectivity index is 2.48. The van der Waals surface area contributed by atoms with Crippen LogP contribution in [0.5, 0.6) is 5.75 Å². The fourth-order valence-electron chi connectivity index (χ4n) is 1.50. The van der Waals surface area contributed by atoms with Gasteiger partial charge in [-0.05, 0) is 33.6 Å². The van der Waals surface area contributed by atoms with Crippen LogP contribution in [-0.2, 0) is 11.3 Å². The number of rotatable bonds is 6. The lowest BCUT2D eigenvalue weighted by Crippen LogP contribution is -2.38. The monoisotopic (exact) mass is 329 g/mol. The summed E-state index contributed by atoms with van der Waals surface area (Å²) in [6, 6.07) is 5.97. The first-order valence-electron chi connectivity index (χ1n) is 5.97. The van der Waals surface area contributed by atoms with Crippen molar-refractivity contribution in [2.75, 3.05) is 34.4 Å². The van der Waals surface area contributed by atoms with Crippen LogP contribution in [0.15, 0.2) is 27.7 Å². The molecule has 0 aromatic heterocycles. The van der Waals surface area contributed by atoms with Crippen molar-refractivity contribution in [3.63, 3.8) is 0 Å². The van der Waals surface area contributed by atoms with Crippen molar-refractivity contribution in [1.29, 1.82) is 0 Å². The third kappa shape index (κ3) is 5.48. The average Bonchev–Trinajstić information content (AvgIpc) is 2.43. The van der Waals surface area contributed by atoms with Crippen molar-refractivity contribution in [2.24, 2.45) is 4.99 Å². The lowest BCUT2D eigenvalue weighted by atomic mass is 10.2. The van der Waals surface area contributed by atoms with Crippen LogP contribution in [-0.4, -0.2) is 40.4 Å². The second-order valence-electron chi connectivity index (χ2n) is 3.81. The Labute approximate surface area is 122 Å². The molecule has 2 N–H and O–H groups in total. The number of hydrogen-bond acceptors (Lipinski definition) is 3. The quantitative estimate of drug-likeness (QED) is 0.474. The highest BCUT2D eigenvalue weighted by atomic mass is 79.9. The van der Waals surface area contributed by atoms with Crippen LogP contribution in [0.4, 0.5) is 0 Å². The molecule has 6 heteroatoms. The van der Waals surface area contributed by atoms with Crippen molar-refractivity contribution in [2.45, 2.75) is 6.54 Å². The van der Waals surface area contributed by atoms with Gasteiger partial charge in [0, 0.05) is 27.2 Å². The number of nitrogens with zero attached hydrogens (tertiary/aromatic N) is 1. The molecule has 0 fully saturated rings. The standard InChI is InChI=1S/C13H20BrN3O2/c1-15-13(16-6-7-18-2)17-9-10-4-5-12(19-3)11(14)8-10/h4-5,8H,6-7,9H2,1-3H3,(H2,15,16,17). The maximum absolute atomic E-state index is 5.19. The summed E-state index contributed by atoms with van der Waals surface area (Å²) >= 11 is 3.47. The van der Waals surface area contributed by atoms with Crippen LogP contribution in [0.3, 0.4) is 0 Å². The van der Waals surface area contributed by atoms with Crippen LogP contribution < -0.4 is 15.4 Å². The zero-order chi connectivity index (χ0) is 14.1. The van der Waals surface area contributed by atoms with Gasteiger partial charge in [0.25, 0.3) is 0 Å². The van der Waals surface area contributed by atoms with E-state index in [2.05, 4.69) is 31.6 Å². The van der Waals surface area contributed by atoms with Crippen molar-refractivity contribution in [3.8, 4) is 5.75 Å². The van der Waals surface area contributed by atoms with Gasteiger partial charge in [0.05, 0.1) is 18.2 Å². The molecule has 0 spiro atoms. The van der Waals surface area contributed by atoms with E-state index in [9.17, 15) is 0 Å². The summed E-state index contributed by atoms with van der Waals surface area (Å²) in [6.07, 6.45) is 0. The number of benzene rings is 1. The molecule has 1 aromatic rings. The molecule has 0 bridgehead atoms. The molecule has 5 nitrogen and oxygen atoms in total. The second kappa shape index (κ2) is 8.77. The highest BCUT2D eigenvalue weighted by molar-refractivity contribution is 9.10. The zero-order valence-corrected chi connectivity index (χ0v) is 13.1. The molecule has 1 aromatic carbocycles. The van der Waals surface area contributed by atoms with Crippen LogP contribution in [0.1, 0.15) is 5.56 Å². The number of aliphatic imine (C=N–C) groups is 1. The van der Waals surface area contributed by atoms with Crippen molar-refractivity contribution >= 4 is 21.9 Å². The highest BCUT2D eigenvalue weighted by Crippen LogP contribution is 2.25. The highest BCUT2D eigenvalue weighted by Gasteiger charge is 2.02. The summed E-state index contributed by atoms with van der Waals surface area (Å²) < 4.78 is 11.1. The number of nitrogens with one attached hydrogen (secondary N) is 2. The minimum absolute atomic E-state index is 0.648. The predicted molar refractivity (Wildman–Crippen MR) is 80.8 cm³/mol. The zero-order valence-electron chi connectivity index (χ0n) is 11.5. The first kappa shape index (κ1) is 15.8. The molecular formula is C13H20BrN3O2. The topological polar surface area (TPSA) is 54.9 Å². The van der Waals surface area contributed by atoms with Gasteiger partial charge in [-0.3, -0.25) is 4.99 Å². The normalized spacial score (nSPS) is 11.3. The molecule has 0 heterocycles. The van der Waals surface area contributed by atoms with Crippen LogP contribution >= 0.6 is 15.9 Å². The first-order valence-corrected chi connectivity index (χ1v) is 6.76. The molecule has 0 saturated carbocycles. The van der Waals surface area contributed by atoms with Crippen LogP contribution in [0.25, 0.3) is 0 Å². The van der Waals surface area contributed by atoms with Gasteiger partial charge in [-0.1, -0.05) is 6.07 Å². The van der Waals surface area contributed by atoms with E-state index in [1.807, 2.05) is 18.2 Å². The Kier molecular flexibility index (Phi) is 7.28. The molecule has 0 atom stereocenters. The van der Waals surface area contributed by atoms with Crippen molar-refractivity contribution in [3.05, 3.63) is 28.2 Å². The molecule has 19 heavy (non-hydrogen) atoms. The summed E-state index contributed by atoms with van der Waals surface area (Å²) in [5, 5.41) is 6.39. The van der Waals surface area contributed by atoms with E-state index >= 15 is 0 Å². The summed E-state index contributed by atoms with van der Waals surface area (Å²) in [4.78, 5) is 4.13. The molecular weight excluding hydrogens is 310 g/mol. The minimum Gasteiger partial charge on any atom is -0.496 e. The summed E-state index contributed by atoms with van der Waals surface area (Å²) in [7, 11) is 5.07. The number of methoxy groups -OCH3 is 2. The molecule has 0 aliphatic carbocycles. The number of halogens is 1. The van der Waals surface area contributed by atoms with E-state index in [-0.39, 0.29) is 0 Å². The predicted octanol–water partition coefficient (Wildman–Crippen LogP) is 1.77. The maximum atomic E-state index is 5.19.